The van der Waals surface area contributed by atoms with Gasteiger partial charge in [-0.3, -0.25) is 19.7 Å². The number of nitro groups is 1. The minimum atomic E-state index is -0.784. The number of ether oxygens (including phenoxy) is 1. The van der Waals surface area contributed by atoms with Crippen molar-refractivity contribution in [2.75, 3.05) is 30.4 Å². The van der Waals surface area contributed by atoms with E-state index in [1.165, 1.54) is 25.2 Å². The zero-order chi connectivity index (χ0) is 20.3. The van der Waals surface area contributed by atoms with Gasteiger partial charge in [0, 0.05) is 18.1 Å². The van der Waals surface area contributed by atoms with Crippen LogP contribution in [0, 0.1) is 10.1 Å². The van der Waals surface area contributed by atoms with Crippen molar-refractivity contribution in [3.8, 4) is 5.75 Å². The number of halogens is 1. The number of hydrogen-bond donors (Lipinski definition) is 2. The van der Waals surface area contributed by atoms with E-state index in [2.05, 4.69) is 10.6 Å². The molecular formula is C18H17ClN4O5. The zero-order valence-corrected chi connectivity index (χ0v) is 15.6. The number of hydrogen-bond acceptors (Lipinski definition) is 6. The maximum absolute atomic E-state index is 12.6. The summed E-state index contributed by atoms with van der Waals surface area (Å²) in [5.41, 5.74) is 0.397. The van der Waals surface area contributed by atoms with Gasteiger partial charge < -0.3 is 20.3 Å². The Bertz CT molecular complexity index is 936. The molecule has 9 nitrogen and oxygen atoms in total. The standard InChI is InChI=1S/C18H17ClN4O5/c1-20-18(25)16-9-22(14-4-2-3-5-15(14)28-16)10-17(24)21-12-8-11(19)6-7-13(12)23(26)27/h2-8,16H,9-10H2,1H3,(H,20,25)(H,21,24)/t16-/m0/s1. The summed E-state index contributed by atoms with van der Waals surface area (Å²) in [6.45, 7) is 0.0271. The molecular weight excluding hydrogens is 388 g/mol. The van der Waals surface area contributed by atoms with Crippen molar-refractivity contribution in [3.05, 3.63) is 57.6 Å². The summed E-state index contributed by atoms with van der Waals surface area (Å²) >= 11 is 5.89. The van der Waals surface area contributed by atoms with Crippen LogP contribution in [-0.4, -0.2) is 43.0 Å². The molecule has 1 heterocycles. The minimum absolute atomic E-state index is 0.00639. The first-order valence-electron chi connectivity index (χ1n) is 8.35. The Hall–Kier alpha value is -3.33. The molecule has 2 aromatic rings. The molecule has 1 aliphatic rings. The molecule has 1 atom stereocenters. The van der Waals surface area contributed by atoms with Gasteiger partial charge in [0.2, 0.25) is 5.91 Å². The average molecular weight is 405 g/mol. The number of para-hydroxylation sites is 2. The largest absolute Gasteiger partial charge is 0.477 e. The predicted octanol–water partition coefficient (Wildman–Crippen LogP) is 2.20. The number of benzene rings is 2. The van der Waals surface area contributed by atoms with Gasteiger partial charge >= 0.3 is 0 Å². The molecule has 2 aromatic carbocycles. The number of nitrogens with one attached hydrogen (secondary N) is 2. The lowest BCUT2D eigenvalue weighted by molar-refractivity contribution is -0.383. The van der Waals surface area contributed by atoms with Crippen LogP contribution in [-0.2, 0) is 9.59 Å². The maximum Gasteiger partial charge on any atom is 0.292 e. The fraction of sp³-hybridized carbons (Fsp3) is 0.222. The van der Waals surface area contributed by atoms with Gasteiger partial charge in [0.25, 0.3) is 11.6 Å². The van der Waals surface area contributed by atoms with Crippen LogP contribution in [0.25, 0.3) is 0 Å². The third kappa shape index (κ3) is 4.15. The summed E-state index contributed by atoms with van der Waals surface area (Å²) in [5, 5.41) is 16.5. The predicted molar refractivity (Wildman–Crippen MR) is 104 cm³/mol. The van der Waals surface area contributed by atoms with Crippen LogP contribution in [0.5, 0.6) is 5.75 Å². The Balaban J connectivity index is 1.81. The molecule has 0 aliphatic carbocycles. The molecule has 146 valence electrons. The van der Waals surface area contributed by atoms with E-state index in [1.807, 2.05) is 0 Å². The van der Waals surface area contributed by atoms with Crippen molar-refractivity contribution < 1.29 is 19.2 Å². The lowest BCUT2D eigenvalue weighted by Crippen LogP contribution is -2.50. The summed E-state index contributed by atoms with van der Waals surface area (Å²) < 4.78 is 5.69. The van der Waals surface area contributed by atoms with E-state index < -0.39 is 16.9 Å². The van der Waals surface area contributed by atoms with Crippen molar-refractivity contribution in [2.24, 2.45) is 0 Å². The molecule has 0 spiro atoms. The van der Waals surface area contributed by atoms with Crippen LogP contribution < -0.4 is 20.3 Å². The Morgan fingerprint density at radius 1 is 1.32 bits per heavy atom. The van der Waals surface area contributed by atoms with E-state index in [4.69, 9.17) is 16.3 Å². The molecule has 0 aromatic heterocycles. The first-order valence-corrected chi connectivity index (χ1v) is 8.73. The molecule has 3 rings (SSSR count). The van der Waals surface area contributed by atoms with Crippen LogP contribution in [0.2, 0.25) is 5.02 Å². The molecule has 1 aliphatic heterocycles. The number of likely N-dealkylation sites (N-methyl/N-ethyl adjacent to an activating group) is 1. The Labute approximate surface area is 165 Å². The third-order valence-corrected chi connectivity index (χ3v) is 4.40. The number of fused-ring (bicyclic) bond motifs is 1. The highest BCUT2D eigenvalue weighted by atomic mass is 35.5. The van der Waals surface area contributed by atoms with Crippen molar-refractivity contribution in [3.63, 3.8) is 0 Å². The van der Waals surface area contributed by atoms with Gasteiger partial charge in [-0.05, 0) is 24.3 Å². The summed E-state index contributed by atoms with van der Waals surface area (Å²) in [7, 11) is 1.50. The van der Waals surface area contributed by atoms with Gasteiger partial charge in [0.05, 0.1) is 23.7 Å². The van der Waals surface area contributed by atoms with Crippen LogP contribution in [0.3, 0.4) is 0 Å². The summed E-state index contributed by atoms with van der Waals surface area (Å²) in [4.78, 5) is 36.8. The first-order chi connectivity index (χ1) is 13.4. The lowest BCUT2D eigenvalue weighted by Gasteiger charge is -2.34. The number of amides is 2. The summed E-state index contributed by atoms with van der Waals surface area (Å²) in [5.74, 6) is -0.327. The van der Waals surface area contributed by atoms with Crippen LogP contribution in [0.15, 0.2) is 42.5 Å². The van der Waals surface area contributed by atoms with Crippen LogP contribution in [0.4, 0.5) is 17.1 Å². The Kier molecular flexibility index (Phi) is 5.65. The normalized spacial score (nSPS) is 15.2. The van der Waals surface area contributed by atoms with E-state index in [1.54, 1.807) is 29.2 Å². The second-order valence-corrected chi connectivity index (χ2v) is 6.47. The smallest absolute Gasteiger partial charge is 0.292 e. The second kappa shape index (κ2) is 8.13. The van der Waals surface area contributed by atoms with Crippen LogP contribution in [0.1, 0.15) is 0 Å². The second-order valence-electron chi connectivity index (χ2n) is 6.04. The van der Waals surface area contributed by atoms with Crippen molar-refractivity contribution in [2.45, 2.75) is 6.10 Å². The lowest BCUT2D eigenvalue weighted by atomic mass is 10.1. The van der Waals surface area contributed by atoms with Crippen molar-refractivity contribution in [1.29, 1.82) is 0 Å². The molecule has 0 bridgehead atoms. The van der Waals surface area contributed by atoms with Crippen molar-refractivity contribution >= 4 is 40.5 Å². The number of rotatable bonds is 5. The summed E-state index contributed by atoms with van der Waals surface area (Å²) in [6, 6.07) is 10.9. The Morgan fingerprint density at radius 3 is 2.79 bits per heavy atom. The fourth-order valence-corrected chi connectivity index (χ4v) is 3.06. The molecule has 2 N–H and O–H groups in total. The average Bonchev–Trinajstić information content (AvgIpc) is 2.67. The highest BCUT2D eigenvalue weighted by Gasteiger charge is 2.31. The Morgan fingerprint density at radius 2 is 2.07 bits per heavy atom. The van der Waals surface area contributed by atoms with Gasteiger partial charge in [0.1, 0.15) is 11.4 Å². The molecule has 10 heteroatoms. The number of nitrogens with zero attached hydrogens (tertiary/aromatic N) is 2. The van der Waals surface area contributed by atoms with E-state index in [0.717, 1.165) is 0 Å². The van der Waals surface area contributed by atoms with Gasteiger partial charge in [-0.25, -0.2) is 0 Å². The van der Waals surface area contributed by atoms with Gasteiger partial charge in [0.15, 0.2) is 6.10 Å². The molecule has 0 unspecified atom stereocenters. The number of nitro benzene ring substituents is 1. The molecule has 0 saturated carbocycles. The highest BCUT2D eigenvalue weighted by Crippen LogP contribution is 2.33. The highest BCUT2D eigenvalue weighted by molar-refractivity contribution is 6.31. The van der Waals surface area contributed by atoms with E-state index in [0.29, 0.717) is 11.4 Å². The van der Waals surface area contributed by atoms with Gasteiger partial charge in [-0.1, -0.05) is 23.7 Å². The fourth-order valence-electron chi connectivity index (χ4n) is 2.88. The molecule has 0 fully saturated rings. The topological polar surface area (TPSA) is 114 Å². The van der Waals surface area contributed by atoms with Gasteiger partial charge in [-0.2, -0.15) is 0 Å². The molecule has 0 saturated heterocycles. The van der Waals surface area contributed by atoms with Crippen LogP contribution >= 0.6 is 11.6 Å². The number of carbonyl (C=O) groups is 2. The van der Waals surface area contributed by atoms with E-state index >= 15 is 0 Å². The third-order valence-electron chi connectivity index (χ3n) is 4.16. The van der Waals surface area contributed by atoms with Crippen molar-refractivity contribution in [1.82, 2.24) is 5.32 Å². The monoisotopic (exact) mass is 404 g/mol. The first kappa shape index (κ1) is 19.4. The zero-order valence-electron chi connectivity index (χ0n) is 14.8. The minimum Gasteiger partial charge on any atom is -0.477 e. The van der Waals surface area contributed by atoms with Gasteiger partial charge in [-0.15, -0.1) is 0 Å². The number of carbonyl (C=O) groups excluding carboxylic acids is 2. The van der Waals surface area contributed by atoms with E-state index in [-0.39, 0.29) is 35.4 Å². The molecule has 0 radical (unpaired) electrons. The quantitative estimate of drug-likeness (QED) is 0.583. The number of anilines is 2. The SMILES string of the molecule is CNC(=O)[C@@H]1CN(CC(=O)Nc2cc(Cl)ccc2[N+](=O)[O-])c2ccccc2O1. The molecule has 2 amide bonds. The maximum atomic E-state index is 12.6. The van der Waals surface area contributed by atoms with E-state index in [9.17, 15) is 19.7 Å². The summed E-state index contributed by atoms with van der Waals surface area (Å²) in [6.07, 6.45) is -0.784. The molecule has 28 heavy (non-hydrogen) atoms.